The smallest absolute Gasteiger partial charge is 0.0971 e. The highest BCUT2D eigenvalue weighted by molar-refractivity contribution is 7.20. The number of benzene rings is 5. The van der Waals surface area contributed by atoms with E-state index >= 15 is 0 Å². The predicted octanol–water partition coefficient (Wildman–Crippen LogP) is 10.4. The van der Waals surface area contributed by atoms with Crippen molar-refractivity contribution in [3.05, 3.63) is 113 Å². The van der Waals surface area contributed by atoms with Crippen LogP contribution in [0.25, 0.3) is 70.5 Å². The van der Waals surface area contributed by atoms with Gasteiger partial charge in [-0.1, -0.05) is 79.7 Å². The van der Waals surface area contributed by atoms with Gasteiger partial charge in [0.15, 0.2) is 0 Å². The van der Waals surface area contributed by atoms with Crippen molar-refractivity contribution in [1.29, 1.82) is 0 Å². The van der Waals surface area contributed by atoms with Gasteiger partial charge in [0, 0.05) is 38.3 Å². The predicted molar refractivity (Wildman–Crippen MR) is 172 cm³/mol. The molecule has 2 heterocycles. The van der Waals surface area contributed by atoms with Crippen LogP contribution in [0.3, 0.4) is 0 Å². The lowest BCUT2D eigenvalue weighted by Gasteiger charge is -2.16. The number of thiophene rings is 1. The van der Waals surface area contributed by atoms with Crippen LogP contribution in [-0.4, -0.2) is 9.97 Å². The molecule has 0 amide bonds. The molecular weight excluding hydrogens is 504 g/mol. The number of aryl methyl sites for hydroxylation is 1. The van der Waals surface area contributed by atoms with Crippen molar-refractivity contribution in [1.82, 2.24) is 9.97 Å². The summed E-state index contributed by atoms with van der Waals surface area (Å²) in [5.74, 6) is 0.578. The minimum atomic E-state index is 0.578. The van der Waals surface area contributed by atoms with E-state index in [0.29, 0.717) is 5.92 Å². The second-order valence-corrected chi connectivity index (χ2v) is 12.3. The molecule has 1 atom stereocenters. The van der Waals surface area contributed by atoms with Gasteiger partial charge in [-0.25, -0.2) is 0 Å². The van der Waals surface area contributed by atoms with Crippen LogP contribution in [0.2, 0.25) is 0 Å². The van der Waals surface area contributed by atoms with Gasteiger partial charge in [-0.05, 0) is 87.9 Å². The molecule has 8 rings (SSSR count). The van der Waals surface area contributed by atoms with Gasteiger partial charge in [0.05, 0.1) is 11.0 Å². The van der Waals surface area contributed by atoms with Gasteiger partial charge >= 0.3 is 0 Å². The first-order valence-electron chi connectivity index (χ1n) is 14.0. The fourth-order valence-electron chi connectivity index (χ4n) is 6.77. The first-order valence-corrected chi connectivity index (χ1v) is 14.8. The van der Waals surface area contributed by atoms with E-state index in [1.165, 1.54) is 64.7 Å². The quantitative estimate of drug-likeness (QED) is 0.207. The first kappa shape index (κ1) is 23.5. The summed E-state index contributed by atoms with van der Waals surface area (Å²) in [6, 6.07) is 29.1. The van der Waals surface area contributed by atoms with E-state index < -0.39 is 0 Å². The van der Waals surface area contributed by atoms with Crippen LogP contribution in [-0.2, 0) is 6.42 Å². The second-order valence-electron chi connectivity index (χ2n) is 11.2. The largest absolute Gasteiger partial charge is 0.252 e. The molecule has 7 aromatic rings. The van der Waals surface area contributed by atoms with E-state index in [9.17, 15) is 0 Å². The molecule has 0 radical (unpaired) electrons. The molecule has 0 saturated heterocycles. The van der Waals surface area contributed by atoms with Crippen molar-refractivity contribution in [2.24, 2.45) is 5.92 Å². The topological polar surface area (TPSA) is 25.8 Å². The van der Waals surface area contributed by atoms with E-state index in [1.54, 1.807) is 12.4 Å². The molecule has 1 unspecified atom stereocenters. The van der Waals surface area contributed by atoms with Crippen molar-refractivity contribution >= 4 is 59.6 Å². The van der Waals surface area contributed by atoms with Crippen molar-refractivity contribution in [3.8, 4) is 22.3 Å². The standard InChI is InChI=1S/C37H28N2S/c1-21-16-23(3)36-32(17-21)33-19-22(2)18-31(37(33)40-36)26-9-5-4-8-25(26)24-12-13-29-30(20-24)27-10-6-7-11-28(27)34-35(29)39-15-14-38-34/h4-16,18-21H,17H2,1-3H3. The summed E-state index contributed by atoms with van der Waals surface area (Å²) in [4.78, 5) is 10.9. The minimum absolute atomic E-state index is 0.578. The number of fused-ring (bicyclic) bond motifs is 9. The van der Waals surface area contributed by atoms with E-state index in [1.807, 2.05) is 11.3 Å². The number of hydrogen-bond acceptors (Lipinski definition) is 3. The molecule has 1 aliphatic carbocycles. The highest BCUT2D eigenvalue weighted by atomic mass is 32.1. The van der Waals surface area contributed by atoms with Crippen LogP contribution >= 0.6 is 11.3 Å². The second kappa shape index (κ2) is 8.84. The average molecular weight is 533 g/mol. The molecule has 1 aliphatic rings. The van der Waals surface area contributed by atoms with Crippen molar-refractivity contribution < 1.29 is 0 Å². The maximum absolute atomic E-state index is 4.75. The first-order chi connectivity index (χ1) is 19.6. The monoisotopic (exact) mass is 532 g/mol. The highest BCUT2D eigenvalue weighted by Gasteiger charge is 2.23. The number of rotatable bonds is 2. The molecule has 2 nitrogen and oxygen atoms in total. The van der Waals surface area contributed by atoms with Gasteiger partial charge in [-0.2, -0.15) is 0 Å². The number of allylic oxidation sites excluding steroid dienone is 2. The zero-order valence-corrected chi connectivity index (χ0v) is 23.6. The minimum Gasteiger partial charge on any atom is -0.252 e. The fraction of sp³-hybridized carbons (Fsp3) is 0.135. The van der Waals surface area contributed by atoms with Gasteiger partial charge in [-0.3, -0.25) is 9.97 Å². The van der Waals surface area contributed by atoms with Crippen molar-refractivity contribution in [2.75, 3.05) is 0 Å². The summed E-state index contributed by atoms with van der Waals surface area (Å²) in [6.07, 6.45) is 7.13. The molecule has 40 heavy (non-hydrogen) atoms. The maximum Gasteiger partial charge on any atom is 0.0971 e. The Balaban J connectivity index is 1.40. The van der Waals surface area contributed by atoms with Gasteiger partial charge in [0.2, 0.25) is 0 Å². The maximum atomic E-state index is 4.75. The normalized spacial score (nSPS) is 15.2. The summed E-state index contributed by atoms with van der Waals surface area (Å²) in [5.41, 5.74) is 11.3. The molecule has 5 aromatic carbocycles. The molecule has 3 heteroatoms. The Labute approximate surface area is 237 Å². The van der Waals surface area contributed by atoms with E-state index in [-0.39, 0.29) is 0 Å². The summed E-state index contributed by atoms with van der Waals surface area (Å²) in [7, 11) is 0. The van der Waals surface area contributed by atoms with Crippen molar-refractivity contribution in [2.45, 2.75) is 27.2 Å². The number of nitrogens with zero attached hydrogens (tertiary/aromatic N) is 2. The lowest BCUT2D eigenvalue weighted by molar-refractivity contribution is 0.720. The summed E-state index contributed by atoms with van der Waals surface area (Å²) < 4.78 is 1.40. The van der Waals surface area contributed by atoms with Crippen LogP contribution in [0.4, 0.5) is 0 Å². The molecule has 2 aromatic heterocycles. The van der Waals surface area contributed by atoms with Crippen LogP contribution in [0, 0.1) is 12.8 Å². The van der Waals surface area contributed by atoms with E-state index in [4.69, 9.17) is 9.97 Å². The SMILES string of the molecule is CC1=CC(C)Cc2c1sc1c(-c3ccccc3-c3ccc4c(c3)c3ccccc3c3nccnc43)cc(C)cc21. The van der Waals surface area contributed by atoms with E-state index in [2.05, 4.69) is 106 Å². The van der Waals surface area contributed by atoms with Crippen LogP contribution in [0.15, 0.2) is 97.3 Å². The van der Waals surface area contributed by atoms with E-state index in [0.717, 1.165) is 28.2 Å². The molecule has 0 fully saturated rings. The number of aromatic nitrogens is 2. The summed E-state index contributed by atoms with van der Waals surface area (Å²) in [5, 5.41) is 6.14. The Kier molecular flexibility index (Phi) is 5.20. The van der Waals surface area contributed by atoms with Gasteiger partial charge < -0.3 is 0 Å². The Morgan fingerprint density at radius 1 is 0.675 bits per heavy atom. The lowest BCUT2D eigenvalue weighted by Crippen LogP contribution is -2.03. The number of hydrogen-bond donors (Lipinski definition) is 0. The molecule has 0 saturated carbocycles. The highest BCUT2D eigenvalue weighted by Crippen LogP contribution is 2.47. The third-order valence-electron chi connectivity index (χ3n) is 8.43. The third-order valence-corrected chi connectivity index (χ3v) is 9.85. The molecule has 0 aliphatic heterocycles. The zero-order chi connectivity index (χ0) is 27.0. The molecule has 0 N–H and O–H groups in total. The Bertz CT molecular complexity index is 2150. The fourth-order valence-corrected chi connectivity index (χ4v) is 8.09. The lowest BCUT2D eigenvalue weighted by atomic mass is 9.87. The molecule has 0 spiro atoms. The molecular formula is C37H28N2S. The van der Waals surface area contributed by atoms with Crippen molar-refractivity contribution in [3.63, 3.8) is 0 Å². The zero-order valence-electron chi connectivity index (χ0n) is 22.8. The summed E-state index contributed by atoms with van der Waals surface area (Å²) in [6.45, 7) is 6.84. The van der Waals surface area contributed by atoms with Gasteiger partial charge in [-0.15, -0.1) is 11.3 Å². The van der Waals surface area contributed by atoms with Crippen LogP contribution in [0.1, 0.15) is 29.9 Å². The third kappa shape index (κ3) is 3.47. The van der Waals surface area contributed by atoms with Crippen LogP contribution in [0.5, 0.6) is 0 Å². The molecule has 0 bridgehead atoms. The van der Waals surface area contributed by atoms with Gasteiger partial charge in [0.25, 0.3) is 0 Å². The van der Waals surface area contributed by atoms with Crippen LogP contribution < -0.4 is 0 Å². The average Bonchev–Trinajstić information content (AvgIpc) is 3.35. The Hall–Kier alpha value is -4.34. The Morgan fingerprint density at radius 3 is 2.17 bits per heavy atom. The Morgan fingerprint density at radius 2 is 1.38 bits per heavy atom. The molecule has 192 valence electrons. The summed E-state index contributed by atoms with van der Waals surface area (Å²) >= 11 is 1.97. The van der Waals surface area contributed by atoms with Gasteiger partial charge in [0.1, 0.15) is 0 Å².